The van der Waals surface area contributed by atoms with Gasteiger partial charge in [0.25, 0.3) is 0 Å². The Morgan fingerprint density at radius 1 is 1.25 bits per heavy atom. The first kappa shape index (κ1) is 15.8. The second kappa shape index (κ2) is 6.20. The van der Waals surface area contributed by atoms with Crippen molar-refractivity contribution >= 4 is 0 Å². The van der Waals surface area contributed by atoms with E-state index < -0.39 is 0 Å². The van der Waals surface area contributed by atoms with Crippen LogP contribution in [0.1, 0.15) is 36.1 Å². The fraction of sp³-hybridized carbons (Fsp3) is 0.278. The Hall–Kier alpha value is -3.07. The van der Waals surface area contributed by atoms with Gasteiger partial charge >= 0.3 is 0 Å². The molecule has 0 aliphatic rings. The molecular weight excluding hydrogens is 304 g/mol. The van der Waals surface area contributed by atoms with E-state index in [-0.39, 0.29) is 5.75 Å². The lowest BCUT2D eigenvalue weighted by Crippen LogP contribution is -2.00. The predicted molar refractivity (Wildman–Crippen MR) is 88.9 cm³/mol. The second-order valence-corrected chi connectivity index (χ2v) is 5.66. The van der Waals surface area contributed by atoms with E-state index in [4.69, 9.17) is 4.52 Å². The molecule has 0 saturated heterocycles. The Morgan fingerprint density at radius 3 is 2.50 bits per heavy atom. The number of aromatic hydroxyl groups is 1. The Kier molecular flexibility index (Phi) is 4.09. The predicted octanol–water partition coefficient (Wildman–Crippen LogP) is 3.67. The SMILES string of the molecule is CCCc1nn(-c2ccc(O)cc2)c(-c2c(C)noc2C)c1C#N. The number of benzene rings is 1. The summed E-state index contributed by atoms with van der Waals surface area (Å²) >= 11 is 0. The van der Waals surface area contributed by atoms with E-state index in [9.17, 15) is 10.4 Å². The maximum atomic E-state index is 9.72. The van der Waals surface area contributed by atoms with Crippen LogP contribution in [-0.4, -0.2) is 20.0 Å². The van der Waals surface area contributed by atoms with E-state index in [0.717, 1.165) is 23.4 Å². The summed E-state index contributed by atoms with van der Waals surface area (Å²) in [4.78, 5) is 0. The van der Waals surface area contributed by atoms with Crippen LogP contribution in [0.5, 0.6) is 5.75 Å². The van der Waals surface area contributed by atoms with Crippen molar-refractivity contribution in [2.24, 2.45) is 0 Å². The maximum Gasteiger partial charge on any atom is 0.143 e. The molecule has 6 heteroatoms. The van der Waals surface area contributed by atoms with Crippen LogP contribution in [0.4, 0.5) is 0 Å². The summed E-state index contributed by atoms with van der Waals surface area (Å²) in [5.74, 6) is 0.825. The molecule has 1 N–H and O–H groups in total. The minimum absolute atomic E-state index is 0.180. The highest BCUT2D eigenvalue weighted by atomic mass is 16.5. The van der Waals surface area contributed by atoms with Crippen LogP contribution < -0.4 is 0 Å². The van der Waals surface area contributed by atoms with Crippen molar-refractivity contribution in [1.82, 2.24) is 14.9 Å². The second-order valence-electron chi connectivity index (χ2n) is 5.66. The summed E-state index contributed by atoms with van der Waals surface area (Å²) in [6, 6.07) is 9.01. The molecule has 24 heavy (non-hydrogen) atoms. The zero-order valence-corrected chi connectivity index (χ0v) is 13.9. The third-order valence-corrected chi connectivity index (χ3v) is 3.92. The number of phenolic OH excluding ortho intramolecular Hbond substituents is 1. The van der Waals surface area contributed by atoms with Crippen molar-refractivity contribution in [2.45, 2.75) is 33.6 Å². The number of hydrogen-bond acceptors (Lipinski definition) is 5. The minimum Gasteiger partial charge on any atom is -0.508 e. The largest absolute Gasteiger partial charge is 0.508 e. The Balaban J connectivity index is 2.32. The Bertz CT molecular complexity index is 894. The van der Waals surface area contributed by atoms with E-state index >= 15 is 0 Å². The van der Waals surface area contributed by atoms with Crippen LogP contribution in [0.25, 0.3) is 16.9 Å². The lowest BCUT2D eigenvalue weighted by molar-refractivity contribution is 0.393. The molecule has 1 aromatic carbocycles. The van der Waals surface area contributed by atoms with Gasteiger partial charge in [0, 0.05) is 0 Å². The van der Waals surface area contributed by atoms with Crippen LogP contribution in [0, 0.1) is 25.2 Å². The fourth-order valence-corrected chi connectivity index (χ4v) is 2.83. The van der Waals surface area contributed by atoms with E-state index in [0.29, 0.717) is 29.1 Å². The van der Waals surface area contributed by atoms with Gasteiger partial charge in [-0.05, 0) is 44.5 Å². The molecule has 0 saturated carbocycles. The van der Waals surface area contributed by atoms with Crippen molar-refractivity contribution < 1.29 is 9.63 Å². The van der Waals surface area contributed by atoms with Crippen molar-refractivity contribution in [2.75, 3.05) is 0 Å². The van der Waals surface area contributed by atoms with Crippen molar-refractivity contribution in [3.63, 3.8) is 0 Å². The minimum atomic E-state index is 0.180. The summed E-state index contributed by atoms with van der Waals surface area (Å²) in [6.45, 7) is 5.72. The van der Waals surface area contributed by atoms with Gasteiger partial charge in [-0.25, -0.2) is 4.68 Å². The van der Waals surface area contributed by atoms with Crippen molar-refractivity contribution in [3.8, 4) is 28.8 Å². The van der Waals surface area contributed by atoms with Gasteiger partial charge in [-0.3, -0.25) is 0 Å². The van der Waals surface area contributed by atoms with Crippen molar-refractivity contribution in [3.05, 3.63) is 47.0 Å². The number of rotatable bonds is 4. The van der Waals surface area contributed by atoms with Crippen LogP contribution >= 0.6 is 0 Å². The molecule has 0 amide bonds. The lowest BCUT2D eigenvalue weighted by Gasteiger charge is -2.07. The normalized spacial score (nSPS) is 10.8. The molecule has 3 aromatic rings. The molecule has 2 aromatic heterocycles. The first-order chi connectivity index (χ1) is 11.6. The number of phenols is 1. The molecule has 0 unspecified atom stereocenters. The highest BCUT2D eigenvalue weighted by Crippen LogP contribution is 2.34. The zero-order valence-electron chi connectivity index (χ0n) is 13.9. The summed E-state index contributed by atoms with van der Waals surface area (Å²) in [7, 11) is 0. The van der Waals surface area contributed by atoms with E-state index in [1.54, 1.807) is 28.9 Å². The molecule has 0 fully saturated rings. The fourth-order valence-electron chi connectivity index (χ4n) is 2.83. The summed E-state index contributed by atoms with van der Waals surface area (Å²) in [5, 5.41) is 27.9. The van der Waals surface area contributed by atoms with Gasteiger partial charge in [-0.15, -0.1) is 0 Å². The summed E-state index contributed by atoms with van der Waals surface area (Å²) < 4.78 is 7.02. The van der Waals surface area contributed by atoms with Gasteiger partial charge in [0.1, 0.15) is 23.1 Å². The molecule has 122 valence electrons. The average molecular weight is 322 g/mol. The maximum absolute atomic E-state index is 9.72. The third-order valence-electron chi connectivity index (χ3n) is 3.92. The number of aromatic nitrogens is 3. The lowest BCUT2D eigenvalue weighted by atomic mass is 10.0. The van der Waals surface area contributed by atoms with Gasteiger partial charge in [0.15, 0.2) is 0 Å². The molecule has 0 aliphatic heterocycles. The van der Waals surface area contributed by atoms with Crippen LogP contribution in [0.2, 0.25) is 0 Å². The molecular formula is C18H18N4O2. The monoisotopic (exact) mass is 322 g/mol. The smallest absolute Gasteiger partial charge is 0.143 e. The number of nitrogens with zero attached hydrogens (tertiary/aromatic N) is 4. The Labute approximate surface area is 139 Å². The molecule has 0 bridgehead atoms. The van der Waals surface area contributed by atoms with Crippen molar-refractivity contribution in [1.29, 1.82) is 5.26 Å². The summed E-state index contributed by atoms with van der Waals surface area (Å²) in [6.07, 6.45) is 1.60. The van der Waals surface area contributed by atoms with Gasteiger partial charge in [-0.1, -0.05) is 18.5 Å². The standard InChI is InChI=1S/C18H18N4O2/c1-4-5-16-15(10-19)18(17-11(2)21-24-12(17)3)22(20-16)13-6-8-14(23)9-7-13/h6-9,23H,4-5H2,1-3H3. The van der Waals surface area contributed by atoms with Crippen LogP contribution in [0.15, 0.2) is 28.8 Å². The molecule has 0 radical (unpaired) electrons. The molecule has 3 rings (SSSR count). The highest BCUT2D eigenvalue weighted by molar-refractivity contribution is 5.73. The molecule has 6 nitrogen and oxygen atoms in total. The topological polar surface area (TPSA) is 87.9 Å². The van der Waals surface area contributed by atoms with Gasteiger partial charge in [0.2, 0.25) is 0 Å². The third kappa shape index (κ3) is 2.54. The van der Waals surface area contributed by atoms with Gasteiger partial charge in [0.05, 0.1) is 28.3 Å². The molecule has 0 aliphatic carbocycles. The first-order valence-electron chi connectivity index (χ1n) is 7.81. The molecule has 2 heterocycles. The Morgan fingerprint density at radius 2 is 1.96 bits per heavy atom. The first-order valence-corrected chi connectivity index (χ1v) is 7.81. The molecule has 0 spiro atoms. The zero-order chi connectivity index (χ0) is 17.3. The van der Waals surface area contributed by atoms with Crippen LogP contribution in [0.3, 0.4) is 0 Å². The van der Waals surface area contributed by atoms with Gasteiger partial charge in [-0.2, -0.15) is 10.4 Å². The number of nitriles is 1. The van der Waals surface area contributed by atoms with Gasteiger partial charge < -0.3 is 9.63 Å². The number of aryl methyl sites for hydroxylation is 3. The van der Waals surface area contributed by atoms with E-state index in [2.05, 4.69) is 23.2 Å². The highest BCUT2D eigenvalue weighted by Gasteiger charge is 2.25. The van der Waals surface area contributed by atoms with Crippen LogP contribution in [-0.2, 0) is 6.42 Å². The molecule has 0 atom stereocenters. The number of hydrogen-bond donors (Lipinski definition) is 1. The van der Waals surface area contributed by atoms with E-state index in [1.807, 2.05) is 13.8 Å². The van der Waals surface area contributed by atoms with E-state index in [1.165, 1.54) is 0 Å². The quantitative estimate of drug-likeness (QED) is 0.791. The average Bonchev–Trinajstić information content (AvgIpc) is 3.08. The summed E-state index contributed by atoms with van der Waals surface area (Å²) in [5.41, 5.74) is 4.24.